The lowest BCUT2D eigenvalue weighted by Gasteiger charge is -2.26. The number of anilines is 1. The monoisotopic (exact) mass is 410 g/mol. The number of rotatable bonds is 3. The van der Waals surface area contributed by atoms with Crippen LogP contribution in [0.25, 0.3) is 10.5 Å². The van der Waals surface area contributed by atoms with E-state index < -0.39 is 11.8 Å². The maximum atomic E-state index is 13.2. The zero-order valence-corrected chi connectivity index (χ0v) is 16.1. The Balaban J connectivity index is 1.90. The van der Waals surface area contributed by atoms with Crippen LogP contribution in [-0.2, 0) is 5.75 Å². The summed E-state index contributed by atoms with van der Waals surface area (Å²) in [5.74, 6) is 0.794. The van der Waals surface area contributed by atoms with Crippen molar-refractivity contribution in [3.05, 3.63) is 70.1 Å². The number of alkyl halides is 3. The van der Waals surface area contributed by atoms with E-state index in [1.165, 1.54) is 11.9 Å². The molecule has 1 aromatic heterocycles. The topological polar surface area (TPSA) is 16.1 Å². The van der Waals surface area contributed by atoms with Crippen LogP contribution in [0.5, 0.6) is 0 Å². The van der Waals surface area contributed by atoms with Crippen LogP contribution in [0.15, 0.2) is 42.7 Å². The third-order valence-electron chi connectivity index (χ3n) is 4.70. The Morgan fingerprint density at radius 2 is 2.15 bits per heavy atom. The molecule has 4 rings (SSSR count). The molecule has 1 unspecified atom stereocenters. The molecule has 0 saturated carbocycles. The lowest BCUT2D eigenvalue weighted by atomic mass is 10.0. The van der Waals surface area contributed by atoms with Crippen molar-refractivity contribution in [3.8, 4) is 0 Å². The van der Waals surface area contributed by atoms with E-state index in [1.54, 1.807) is 24.0 Å². The average molecular weight is 411 g/mol. The summed E-state index contributed by atoms with van der Waals surface area (Å²) in [4.78, 5) is 6.89. The molecular weight excluding hydrogens is 397 g/mol. The van der Waals surface area contributed by atoms with Crippen molar-refractivity contribution in [2.75, 3.05) is 11.9 Å². The standard InChI is InChI=1S/C19H14Cl2F2N2S/c1-9(19(22)23)25(2)17-12(20)6-5-11-13(17)15(21)14-16-10(4-3-7-24-16)8-26-18(11)14/h3-7,15,19H,1,8H2,2H3. The van der Waals surface area contributed by atoms with Gasteiger partial charge in [-0.3, -0.25) is 4.98 Å². The molecule has 2 heterocycles. The number of allylic oxidation sites excluding steroid dienone is 2. The first-order valence-electron chi connectivity index (χ1n) is 7.90. The highest BCUT2D eigenvalue weighted by Gasteiger charge is 2.39. The van der Waals surface area contributed by atoms with Crippen molar-refractivity contribution in [1.82, 2.24) is 4.98 Å². The van der Waals surface area contributed by atoms with Gasteiger partial charge in [-0.25, -0.2) is 8.78 Å². The van der Waals surface area contributed by atoms with Gasteiger partial charge in [0.25, 0.3) is 6.43 Å². The number of hydrogen-bond acceptors (Lipinski definition) is 3. The van der Waals surface area contributed by atoms with Gasteiger partial charge in [0, 0.05) is 35.0 Å². The molecule has 0 N–H and O–H groups in total. The van der Waals surface area contributed by atoms with E-state index in [0.29, 0.717) is 10.7 Å². The van der Waals surface area contributed by atoms with Crippen LogP contribution < -0.4 is 4.90 Å². The molecular formula is C19H14Cl2F2N2S. The van der Waals surface area contributed by atoms with Crippen molar-refractivity contribution in [1.29, 1.82) is 0 Å². The zero-order valence-electron chi connectivity index (χ0n) is 13.8. The first kappa shape index (κ1) is 17.8. The summed E-state index contributed by atoms with van der Waals surface area (Å²) in [6.45, 7) is 3.49. The summed E-state index contributed by atoms with van der Waals surface area (Å²) < 4.78 is 26.4. The quantitative estimate of drug-likeness (QED) is 0.547. The molecule has 1 atom stereocenters. The molecule has 1 aliphatic carbocycles. The van der Waals surface area contributed by atoms with E-state index in [2.05, 4.69) is 11.6 Å². The number of fused-ring (bicyclic) bond motifs is 4. The Bertz CT molecular complexity index is 959. The van der Waals surface area contributed by atoms with Crippen molar-refractivity contribution in [2.45, 2.75) is 17.6 Å². The van der Waals surface area contributed by atoms with E-state index in [-0.39, 0.29) is 5.70 Å². The van der Waals surface area contributed by atoms with Crippen LogP contribution in [-0.4, -0.2) is 18.5 Å². The van der Waals surface area contributed by atoms with Crippen molar-refractivity contribution < 1.29 is 8.78 Å². The van der Waals surface area contributed by atoms with Crippen LogP contribution in [0, 0.1) is 0 Å². The fraction of sp³-hybridized carbons (Fsp3) is 0.211. The summed E-state index contributed by atoms with van der Waals surface area (Å²) in [6, 6.07) is 7.56. The van der Waals surface area contributed by atoms with Gasteiger partial charge in [0.15, 0.2) is 0 Å². The summed E-state index contributed by atoms with van der Waals surface area (Å²) in [7, 11) is 1.54. The normalized spacial score (nSPS) is 17.8. The largest absolute Gasteiger partial charge is 0.342 e. The first-order chi connectivity index (χ1) is 12.4. The highest BCUT2D eigenvalue weighted by molar-refractivity contribution is 8.08. The SMILES string of the molecule is C=C(C(F)F)N(C)c1c(Cl)ccc2c1C(Cl)C1=C2SCc2cccnc21. The van der Waals surface area contributed by atoms with Gasteiger partial charge in [0.1, 0.15) is 0 Å². The Labute approximate surface area is 164 Å². The molecule has 0 bridgehead atoms. The number of halogens is 4. The third-order valence-corrected chi connectivity index (χ3v) is 6.63. The minimum Gasteiger partial charge on any atom is -0.342 e. The van der Waals surface area contributed by atoms with Gasteiger partial charge < -0.3 is 4.90 Å². The lowest BCUT2D eigenvalue weighted by molar-refractivity contribution is 0.187. The Kier molecular flexibility index (Phi) is 4.49. The summed E-state index contributed by atoms with van der Waals surface area (Å²) in [5.41, 5.74) is 4.73. The molecule has 1 aliphatic heterocycles. The number of hydrogen-bond donors (Lipinski definition) is 0. The van der Waals surface area contributed by atoms with Crippen molar-refractivity contribution in [3.63, 3.8) is 0 Å². The van der Waals surface area contributed by atoms with E-state index >= 15 is 0 Å². The number of aromatic nitrogens is 1. The van der Waals surface area contributed by atoms with E-state index in [0.717, 1.165) is 38.6 Å². The smallest absolute Gasteiger partial charge is 0.277 e. The fourth-order valence-electron chi connectivity index (χ4n) is 3.40. The van der Waals surface area contributed by atoms with Crippen LogP contribution in [0.4, 0.5) is 14.5 Å². The molecule has 0 amide bonds. The molecule has 0 radical (unpaired) electrons. The van der Waals surface area contributed by atoms with Crippen LogP contribution in [0.1, 0.15) is 27.8 Å². The van der Waals surface area contributed by atoms with Crippen molar-refractivity contribution >= 4 is 51.1 Å². The molecule has 134 valence electrons. The van der Waals surface area contributed by atoms with E-state index in [1.807, 2.05) is 18.2 Å². The van der Waals surface area contributed by atoms with Crippen molar-refractivity contribution in [2.24, 2.45) is 0 Å². The van der Waals surface area contributed by atoms with Gasteiger partial charge in [0.05, 0.1) is 27.5 Å². The minimum atomic E-state index is -2.68. The van der Waals surface area contributed by atoms with Gasteiger partial charge in [-0.1, -0.05) is 30.3 Å². The second kappa shape index (κ2) is 6.55. The number of pyridine rings is 1. The first-order valence-corrected chi connectivity index (χ1v) is 9.70. The molecule has 0 saturated heterocycles. The summed E-state index contributed by atoms with van der Waals surface area (Å²) in [5, 5.41) is -0.145. The Morgan fingerprint density at radius 1 is 1.38 bits per heavy atom. The summed E-state index contributed by atoms with van der Waals surface area (Å²) in [6.07, 6.45) is -0.938. The molecule has 0 spiro atoms. The van der Waals surface area contributed by atoms with Gasteiger partial charge in [0.2, 0.25) is 0 Å². The Hall–Kier alpha value is -1.56. The highest BCUT2D eigenvalue weighted by atomic mass is 35.5. The van der Waals surface area contributed by atoms with E-state index in [4.69, 9.17) is 23.2 Å². The van der Waals surface area contributed by atoms with Gasteiger partial charge >= 0.3 is 0 Å². The van der Waals surface area contributed by atoms with Crippen LogP contribution >= 0.6 is 35.0 Å². The second-order valence-corrected chi connectivity index (χ2v) is 7.94. The number of nitrogens with zero attached hydrogens (tertiary/aromatic N) is 2. The highest BCUT2D eigenvalue weighted by Crippen LogP contribution is 2.59. The van der Waals surface area contributed by atoms with E-state index in [9.17, 15) is 8.78 Å². The third kappa shape index (κ3) is 2.56. The summed E-state index contributed by atoms with van der Waals surface area (Å²) >= 11 is 14.9. The molecule has 7 heteroatoms. The van der Waals surface area contributed by atoms with Crippen LogP contribution in [0.2, 0.25) is 5.02 Å². The van der Waals surface area contributed by atoms with Gasteiger partial charge in [-0.15, -0.1) is 23.4 Å². The lowest BCUT2D eigenvalue weighted by Crippen LogP contribution is -2.22. The second-order valence-electron chi connectivity index (χ2n) is 6.11. The number of benzene rings is 1. The fourth-order valence-corrected chi connectivity index (χ4v) is 5.43. The molecule has 0 fully saturated rings. The maximum Gasteiger partial charge on any atom is 0.277 e. The molecule has 1 aromatic carbocycles. The van der Waals surface area contributed by atoms with Gasteiger partial charge in [-0.05, 0) is 23.3 Å². The molecule has 2 nitrogen and oxygen atoms in total. The molecule has 2 aliphatic rings. The molecule has 2 aromatic rings. The minimum absolute atomic E-state index is 0.319. The van der Waals surface area contributed by atoms with Gasteiger partial charge in [-0.2, -0.15) is 0 Å². The van der Waals surface area contributed by atoms with Crippen LogP contribution in [0.3, 0.4) is 0 Å². The number of thioether (sulfide) groups is 1. The maximum absolute atomic E-state index is 13.2. The average Bonchev–Trinajstić information content (AvgIpc) is 2.93. The predicted molar refractivity (Wildman–Crippen MR) is 106 cm³/mol. The Morgan fingerprint density at radius 3 is 2.88 bits per heavy atom. The predicted octanol–water partition coefficient (Wildman–Crippen LogP) is 6.36. The molecule has 26 heavy (non-hydrogen) atoms. The zero-order chi connectivity index (χ0) is 18.6.